The van der Waals surface area contributed by atoms with Crippen molar-refractivity contribution in [3.8, 4) is 0 Å². The van der Waals surface area contributed by atoms with Crippen molar-refractivity contribution in [1.29, 1.82) is 0 Å². The van der Waals surface area contributed by atoms with Crippen LogP contribution in [0.1, 0.15) is 44.0 Å². The number of aromatic nitrogens is 1. The van der Waals surface area contributed by atoms with Crippen molar-refractivity contribution >= 4 is 10.9 Å². The van der Waals surface area contributed by atoms with Gasteiger partial charge in [-0.3, -0.25) is 0 Å². The molecule has 0 spiro atoms. The van der Waals surface area contributed by atoms with Crippen LogP contribution in [-0.2, 0) is 12.8 Å². The molecule has 0 radical (unpaired) electrons. The zero-order chi connectivity index (χ0) is 13.8. The second-order valence-corrected chi connectivity index (χ2v) is 7.03. The van der Waals surface area contributed by atoms with Crippen LogP contribution in [0.15, 0.2) is 12.1 Å². The summed E-state index contributed by atoms with van der Waals surface area (Å²) in [6, 6.07) is 3.65. The molecule has 0 fully saturated rings. The monoisotopic (exact) mass is 259 g/mol. The first-order chi connectivity index (χ1) is 8.86. The number of fused-ring (bicyclic) bond motifs is 3. The number of H-pyrrole nitrogens is 1. The van der Waals surface area contributed by atoms with Gasteiger partial charge in [0.05, 0.1) is 0 Å². The van der Waals surface area contributed by atoms with Crippen LogP contribution >= 0.6 is 0 Å². The van der Waals surface area contributed by atoms with Gasteiger partial charge in [-0.25, -0.2) is 4.39 Å². The first kappa shape index (κ1) is 12.7. The predicted molar refractivity (Wildman–Crippen MR) is 78.0 cm³/mol. The van der Waals surface area contributed by atoms with Crippen LogP contribution in [0.3, 0.4) is 0 Å². The van der Waals surface area contributed by atoms with E-state index >= 15 is 0 Å². The van der Waals surface area contributed by atoms with Gasteiger partial charge >= 0.3 is 0 Å². The molecule has 1 N–H and O–H groups in total. The van der Waals surface area contributed by atoms with E-state index in [1.165, 1.54) is 17.7 Å². The van der Waals surface area contributed by atoms with Crippen molar-refractivity contribution in [3.63, 3.8) is 0 Å². The van der Waals surface area contributed by atoms with Gasteiger partial charge in [-0.15, -0.1) is 0 Å². The Morgan fingerprint density at radius 2 is 2.00 bits per heavy atom. The molecule has 102 valence electrons. The molecule has 19 heavy (non-hydrogen) atoms. The fraction of sp³-hybridized carbons (Fsp3) is 0.529. The zero-order valence-corrected chi connectivity index (χ0v) is 12.2. The average molecular weight is 259 g/mol. The van der Waals surface area contributed by atoms with Gasteiger partial charge in [0.2, 0.25) is 0 Å². The Hall–Kier alpha value is -1.31. The van der Waals surface area contributed by atoms with E-state index in [-0.39, 0.29) is 5.82 Å². The molecule has 1 unspecified atom stereocenters. The third-order valence-corrected chi connectivity index (χ3v) is 4.69. The number of aryl methyl sites for hydroxylation is 2. The molecule has 1 nitrogen and oxygen atoms in total. The third-order valence-electron chi connectivity index (χ3n) is 4.69. The summed E-state index contributed by atoms with van der Waals surface area (Å²) < 4.78 is 13.8. The standard InChI is InChI=1S/C17H22FN/c1-10-7-16-13(9-14(10)18)12-8-11(17(2,3)4)5-6-15(12)19-16/h7,9,11,19H,5-6,8H2,1-4H3. The van der Waals surface area contributed by atoms with Crippen LogP contribution in [0.5, 0.6) is 0 Å². The van der Waals surface area contributed by atoms with Crippen molar-refractivity contribution < 1.29 is 4.39 Å². The van der Waals surface area contributed by atoms with Gasteiger partial charge in [-0.1, -0.05) is 20.8 Å². The maximum absolute atomic E-state index is 13.8. The molecule has 2 heteroatoms. The van der Waals surface area contributed by atoms with Crippen molar-refractivity contribution in [1.82, 2.24) is 4.98 Å². The second kappa shape index (κ2) is 4.09. The minimum atomic E-state index is -0.0906. The summed E-state index contributed by atoms with van der Waals surface area (Å²) in [7, 11) is 0. The number of halogens is 1. The molecule has 1 heterocycles. The van der Waals surface area contributed by atoms with Gasteiger partial charge in [-0.05, 0) is 60.8 Å². The predicted octanol–water partition coefficient (Wildman–Crippen LogP) is 4.77. The number of nitrogens with one attached hydrogen (secondary N) is 1. The first-order valence-corrected chi connectivity index (χ1v) is 7.16. The van der Waals surface area contributed by atoms with Gasteiger partial charge in [0, 0.05) is 16.6 Å². The number of aromatic amines is 1. The molecule has 0 saturated heterocycles. The lowest BCUT2D eigenvalue weighted by Gasteiger charge is -2.34. The topological polar surface area (TPSA) is 15.8 Å². The van der Waals surface area contributed by atoms with Gasteiger partial charge in [-0.2, -0.15) is 0 Å². The summed E-state index contributed by atoms with van der Waals surface area (Å²) in [6.45, 7) is 8.75. The Morgan fingerprint density at radius 3 is 2.68 bits per heavy atom. The highest BCUT2D eigenvalue weighted by molar-refractivity contribution is 5.85. The zero-order valence-electron chi connectivity index (χ0n) is 12.2. The Kier molecular flexibility index (Phi) is 2.74. The van der Waals surface area contributed by atoms with Crippen molar-refractivity contribution in [2.45, 2.75) is 47.0 Å². The SMILES string of the molecule is Cc1cc2[nH]c3c(c2cc1F)CC(C(C)(C)C)CC3. The number of benzene rings is 1. The van der Waals surface area contributed by atoms with E-state index in [1.54, 1.807) is 6.07 Å². The van der Waals surface area contributed by atoms with Crippen LogP contribution in [-0.4, -0.2) is 4.98 Å². The van der Waals surface area contributed by atoms with Crippen molar-refractivity contribution in [3.05, 3.63) is 34.8 Å². The molecule has 0 bridgehead atoms. The molecule has 1 aliphatic carbocycles. The van der Waals surface area contributed by atoms with E-state index in [4.69, 9.17) is 0 Å². The fourth-order valence-electron chi connectivity index (χ4n) is 3.29. The lowest BCUT2D eigenvalue weighted by Crippen LogP contribution is -2.26. The Bertz CT molecular complexity index is 631. The largest absolute Gasteiger partial charge is 0.358 e. The van der Waals surface area contributed by atoms with Gasteiger partial charge < -0.3 is 4.98 Å². The summed E-state index contributed by atoms with van der Waals surface area (Å²) in [5, 5.41) is 1.09. The van der Waals surface area contributed by atoms with E-state index in [9.17, 15) is 4.39 Å². The van der Waals surface area contributed by atoms with Gasteiger partial charge in [0.25, 0.3) is 0 Å². The summed E-state index contributed by atoms with van der Waals surface area (Å²) in [5.41, 5.74) is 4.81. The normalized spacial score (nSPS) is 19.7. The Balaban J connectivity index is 2.11. The van der Waals surface area contributed by atoms with E-state index in [0.717, 1.165) is 29.3 Å². The minimum absolute atomic E-state index is 0.0906. The molecule has 0 amide bonds. The minimum Gasteiger partial charge on any atom is -0.358 e. The molecule has 0 aliphatic heterocycles. The van der Waals surface area contributed by atoms with Crippen molar-refractivity contribution in [2.75, 3.05) is 0 Å². The highest BCUT2D eigenvalue weighted by atomic mass is 19.1. The van der Waals surface area contributed by atoms with E-state index < -0.39 is 0 Å². The average Bonchev–Trinajstić information content (AvgIpc) is 2.65. The summed E-state index contributed by atoms with van der Waals surface area (Å²) >= 11 is 0. The number of rotatable bonds is 0. The van der Waals surface area contributed by atoms with E-state index in [1.807, 2.05) is 13.0 Å². The molecule has 3 rings (SSSR count). The van der Waals surface area contributed by atoms with Gasteiger partial charge in [0.15, 0.2) is 0 Å². The Labute approximate surface area is 114 Å². The first-order valence-electron chi connectivity index (χ1n) is 7.16. The van der Waals surface area contributed by atoms with Crippen LogP contribution in [0.4, 0.5) is 4.39 Å². The highest BCUT2D eigenvalue weighted by Crippen LogP contribution is 2.40. The summed E-state index contributed by atoms with van der Waals surface area (Å²) in [6.07, 6.45) is 3.39. The molecule has 1 aromatic heterocycles. The van der Waals surface area contributed by atoms with Crippen LogP contribution in [0, 0.1) is 24.1 Å². The molecular weight excluding hydrogens is 237 g/mol. The molecule has 2 aromatic rings. The van der Waals surface area contributed by atoms with E-state index in [2.05, 4.69) is 25.8 Å². The van der Waals surface area contributed by atoms with Crippen LogP contribution in [0.25, 0.3) is 10.9 Å². The summed E-state index contributed by atoms with van der Waals surface area (Å²) in [4.78, 5) is 3.49. The van der Waals surface area contributed by atoms with Crippen molar-refractivity contribution in [2.24, 2.45) is 11.3 Å². The highest BCUT2D eigenvalue weighted by Gasteiger charge is 2.30. The maximum Gasteiger partial charge on any atom is 0.126 e. The molecule has 1 atom stereocenters. The number of hydrogen-bond acceptors (Lipinski definition) is 0. The fourth-order valence-corrected chi connectivity index (χ4v) is 3.29. The smallest absolute Gasteiger partial charge is 0.126 e. The quantitative estimate of drug-likeness (QED) is 0.701. The molecule has 0 saturated carbocycles. The van der Waals surface area contributed by atoms with E-state index in [0.29, 0.717) is 11.3 Å². The summed E-state index contributed by atoms with van der Waals surface area (Å²) in [5.74, 6) is 0.593. The van der Waals surface area contributed by atoms with Gasteiger partial charge in [0.1, 0.15) is 5.82 Å². The molecule has 1 aromatic carbocycles. The molecular formula is C17H22FN. The Morgan fingerprint density at radius 1 is 1.26 bits per heavy atom. The van der Waals surface area contributed by atoms with Crippen LogP contribution < -0.4 is 0 Å². The maximum atomic E-state index is 13.8. The number of hydrogen-bond donors (Lipinski definition) is 1. The molecule has 1 aliphatic rings. The van der Waals surface area contributed by atoms with Crippen LogP contribution in [0.2, 0.25) is 0 Å². The third kappa shape index (κ3) is 2.07. The lowest BCUT2D eigenvalue weighted by atomic mass is 9.71. The second-order valence-electron chi connectivity index (χ2n) is 7.03. The lowest BCUT2D eigenvalue weighted by molar-refractivity contribution is 0.216.